The van der Waals surface area contributed by atoms with E-state index in [0.29, 0.717) is 11.0 Å². The third-order valence-corrected chi connectivity index (χ3v) is 6.35. The Morgan fingerprint density at radius 3 is 2.19 bits per heavy atom. The van der Waals surface area contributed by atoms with Gasteiger partial charge in [0.1, 0.15) is 5.16 Å². The molecule has 1 unspecified atom stereocenters. The lowest BCUT2D eigenvalue weighted by molar-refractivity contribution is 1.22. The van der Waals surface area contributed by atoms with Gasteiger partial charge in [-0.1, -0.05) is 109 Å². The normalized spacial score (nSPS) is 17.6. The summed E-state index contributed by atoms with van der Waals surface area (Å²) in [4.78, 5) is 9.65. The molecule has 0 N–H and O–H groups in total. The number of aliphatic imine (C=N–C) groups is 2. The third kappa shape index (κ3) is 3.30. The summed E-state index contributed by atoms with van der Waals surface area (Å²) in [6.45, 7) is 0. The molecule has 1 saturated carbocycles. The van der Waals surface area contributed by atoms with E-state index in [1.54, 1.807) is 0 Å². The zero-order valence-corrected chi connectivity index (χ0v) is 17.6. The Hall–Kier alpha value is -3.49. The smallest absolute Gasteiger partial charge is 0.161 e. The predicted molar refractivity (Wildman–Crippen MR) is 130 cm³/mol. The van der Waals surface area contributed by atoms with Gasteiger partial charge in [-0.05, 0) is 39.5 Å². The minimum absolute atomic E-state index is 0.283. The molecule has 6 rings (SSSR count). The molecule has 0 bridgehead atoms. The van der Waals surface area contributed by atoms with Gasteiger partial charge in [0, 0.05) is 11.5 Å². The van der Waals surface area contributed by atoms with Crippen molar-refractivity contribution in [2.24, 2.45) is 15.9 Å². The van der Waals surface area contributed by atoms with Crippen molar-refractivity contribution >= 4 is 33.9 Å². The van der Waals surface area contributed by atoms with Crippen LogP contribution in [0.2, 0.25) is 0 Å². The van der Waals surface area contributed by atoms with E-state index in [1.807, 2.05) is 18.2 Å². The Balaban J connectivity index is 1.41. The molecule has 0 amide bonds. The quantitative estimate of drug-likeness (QED) is 0.313. The first-order chi connectivity index (χ1) is 15.3. The molecule has 3 heteroatoms. The van der Waals surface area contributed by atoms with E-state index >= 15 is 0 Å². The monoisotopic (exact) mass is 418 g/mol. The van der Waals surface area contributed by atoms with Crippen LogP contribution in [0.5, 0.6) is 0 Å². The van der Waals surface area contributed by atoms with Crippen LogP contribution in [0.15, 0.2) is 118 Å². The molecule has 2 nitrogen and oxygen atoms in total. The zero-order chi connectivity index (χ0) is 20.8. The van der Waals surface area contributed by atoms with Crippen LogP contribution >= 0.6 is 11.6 Å². The molecule has 1 heterocycles. The number of rotatable bonds is 3. The van der Waals surface area contributed by atoms with Crippen molar-refractivity contribution in [3.8, 4) is 11.1 Å². The molecule has 4 aromatic carbocycles. The number of benzene rings is 4. The second-order valence-electron chi connectivity index (χ2n) is 7.98. The summed E-state index contributed by atoms with van der Waals surface area (Å²) < 4.78 is 0. The molecule has 31 heavy (non-hydrogen) atoms. The first-order valence-corrected chi connectivity index (χ1v) is 10.9. The second-order valence-corrected chi connectivity index (χ2v) is 8.33. The zero-order valence-electron chi connectivity index (χ0n) is 16.8. The maximum absolute atomic E-state index is 6.52. The Morgan fingerprint density at radius 1 is 0.645 bits per heavy atom. The Kier molecular flexibility index (Phi) is 4.33. The van der Waals surface area contributed by atoms with Gasteiger partial charge in [-0.25, -0.2) is 9.98 Å². The molecule has 0 spiro atoms. The van der Waals surface area contributed by atoms with Gasteiger partial charge in [0.2, 0.25) is 0 Å². The summed E-state index contributed by atoms with van der Waals surface area (Å²) in [7, 11) is 0. The average Bonchev–Trinajstić information content (AvgIpc) is 3.63. The van der Waals surface area contributed by atoms with Crippen molar-refractivity contribution < 1.29 is 0 Å². The molecule has 4 aromatic rings. The molecule has 1 aliphatic heterocycles. The van der Waals surface area contributed by atoms with Crippen molar-refractivity contribution in [1.29, 1.82) is 0 Å². The van der Waals surface area contributed by atoms with E-state index in [9.17, 15) is 0 Å². The van der Waals surface area contributed by atoms with E-state index in [4.69, 9.17) is 16.6 Å². The number of halogens is 1. The molecule has 0 saturated heterocycles. The maximum Gasteiger partial charge on any atom is 0.161 e. The summed E-state index contributed by atoms with van der Waals surface area (Å²) in [6.07, 6.45) is 0.948. The number of hydrogen-bond acceptors (Lipinski definition) is 2. The van der Waals surface area contributed by atoms with Crippen molar-refractivity contribution in [1.82, 2.24) is 0 Å². The van der Waals surface area contributed by atoms with Gasteiger partial charge in [-0.3, -0.25) is 0 Å². The number of fused-ring (bicyclic) bond motifs is 2. The summed E-state index contributed by atoms with van der Waals surface area (Å²) >= 11 is 6.52. The van der Waals surface area contributed by atoms with Gasteiger partial charge in [0.25, 0.3) is 0 Å². The predicted octanol–water partition coefficient (Wildman–Crippen LogP) is 7.23. The summed E-state index contributed by atoms with van der Waals surface area (Å²) in [5.74, 6) is 0.958. The van der Waals surface area contributed by atoms with Crippen molar-refractivity contribution in [3.05, 3.63) is 119 Å². The van der Waals surface area contributed by atoms with E-state index in [1.165, 1.54) is 27.5 Å². The molecule has 1 aliphatic carbocycles. The van der Waals surface area contributed by atoms with Crippen LogP contribution in [-0.2, 0) is 0 Å². The minimum atomic E-state index is 0.283. The fourth-order valence-electron chi connectivity index (χ4n) is 4.31. The summed E-state index contributed by atoms with van der Waals surface area (Å²) in [5, 5.41) is 3.08. The summed E-state index contributed by atoms with van der Waals surface area (Å²) in [5.41, 5.74) is 6.75. The standard InChI is InChI=1S/C28H19ClN2/c29-27-25-17-24(25)26(20-8-2-1-3-9-20)30-28(31-27)21-15-13-19(14-16-21)23-12-6-10-18-7-4-5-11-22(18)23/h1-16,24H,17H2. The van der Waals surface area contributed by atoms with Crippen LogP contribution in [0.3, 0.4) is 0 Å². The average molecular weight is 419 g/mol. The lowest BCUT2D eigenvalue weighted by Crippen LogP contribution is -2.08. The van der Waals surface area contributed by atoms with Crippen LogP contribution in [0.4, 0.5) is 0 Å². The van der Waals surface area contributed by atoms with Gasteiger partial charge < -0.3 is 0 Å². The first-order valence-electron chi connectivity index (χ1n) is 10.5. The van der Waals surface area contributed by atoms with Crippen molar-refractivity contribution in [2.75, 3.05) is 0 Å². The van der Waals surface area contributed by atoms with E-state index in [2.05, 4.69) is 83.9 Å². The first kappa shape index (κ1) is 18.3. The number of hydrogen-bond donors (Lipinski definition) is 0. The molecule has 1 atom stereocenters. The van der Waals surface area contributed by atoms with Gasteiger partial charge >= 0.3 is 0 Å². The lowest BCUT2D eigenvalue weighted by Gasteiger charge is -2.09. The molecule has 148 valence electrons. The number of amidine groups is 1. The van der Waals surface area contributed by atoms with E-state index in [-0.39, 0.29) is 5.92 Å². The highest BCUT2D eigenvalue weighted by molar-refractivity contribution is 6.32. The number of allylic oxidation sites excluding steroid dienone is 1. The molecule has 0 radical (unpaired) electrons. The van der Waals surface area contributed by atoms with Crippen LogP contribution in [0.1, 0.15) is 17.5 Å². The Bertz CT molecular complexity index is 1390. The minimum Gasteiger partial charge on any atom is -0.232 e. The Labute approximate surface area is 186 Å². The van der Waals surface area contributed by atoms with E-state index < -0.39 is 0 Å². The van der Waals surface area contributed by atoms with Crippen LogP contribution in [0, 0.1) is 5.92 Å². The van der Waals surface area contributed by atoms with Gasteiger partial charge in [-0.15, -0.1) is 0 Å². The number of nitrogens with zero attached hydrogens (tertiary/aromatic N) is 2. The highest BCUT2D eigenvalue weighted by atomic mass is 35.5. The molecule has 0 aromatic heterocycles. The van der Waals surface area contributed by atoms with Crippen LogP contribution < -0.4 is 0 Å². The largest absolute Gasteiger partial charge is 0.232 e. The molecule has 1 fully saturated rings. The second kappa shape index (κ2) is 7.33. The lowest BCUT2D eigenvalue weighted by atomic mass is 9.97. The van der Waals surface area contributed by atoms with Crippen molar-refractivity contribution in [2.45, 2.75) is 6.42 Å². The summed E-state index contributed by atoms with van der Waals surface area (Å²) in [6, 6.07) is 33.7. The SMILES string of the molecule is ClC1=C2CC2C(c2ccccc2)=NC(c2ccc(-c3cccc4ccccc34)cc2)=N1. The van der Waals surface area contributed by atoms with Crippen LogP contribution in [0.25, 0.3) is 21.9 Å². The highest BCUT2D eigenvalue weighted by Gasteiger charge is 2.39. The topological polar surface area (TPSA) is 24.7 Å². The molecular weight excluding hydrogens is 400 g/mol. The van der Waals surface area contributed by atoms with Gasteiger partial charge in [0.15, 0.2) is 5.84 Å². The maximum atomic E-state index is 6.52. The Morgan fingerprint density at radius 2 is 1.35 bits per heavy atom. The third-order valence-electron chi connectivity index (χ3n) is 6.02. The van der Waals surface area contributed by atoms with E-state index in [0.717, 1.165) is 23.3 Å². The van der Waals surface area contributed by atoms with Crippen LogP contribution in [-0.4, -0.2) is 11.5 Å². The molecule has 2 aliphatic rings. The fourth-order valence-corrected chi connectivity index (χ4v) is 4.60. The van der Waals surface area contributed by atoms with Gasteiger partial charge in [-0.2, -0.15) is 0 Å². The highest BCUT2D eigenvalue weighted by Crippen LogP contribution is 2.46. The van der Waals surface area contributed by atoms with Gasteiger partial charge in [0.05, 0.1) is 5.71 Å². The molecular formula is C28H19ClN2. The van der Waals surface area contributed by atoms with Crippen molar-refractivity contribution in [3.63, 3.8) is 0 Å². The fraction of sp³-hybridized carbons (Fsp3) is 0.0714.